The summed E-state index contributed by atoms with van der Waals surface area (Å²) < 4.78 is 3.79. The fourth-order valence-corrected chi connectivity index (χ4v) is 2.24. The Morgan fingerprint density at radius 3 is 2.56 bits per heavy atom. The van der Waals surface area contributed by atoms with E-state index in [9.17, 15) is 4.79 Å². The Hall–Kier alpha value is -1.55. The Morgan fingerprint density at radius 1 is 1.25 bits per heavy atom. The molecule has 0 bridgehead atoms. The minimum Gasteiger partial charge on any atom is -0.288 e. The van der Waals surface area contributed by atoms with Crippen LogP contribution in [0, 0.1) is 20.8 Å². The molecule has 16 heavy (non-hydrogen) atoms. The van der Waals surface area contributed by atoms with Crippen LogP contribution in [0.25, 0.3) is 0 Å². The molecule has 1 aromatic carbocycles. The Kier molecular flexibility index (Phi) is 2.83. The third-order valence-corrected chi connectivity index (χ3v) is 3.31. The van der Waals surface area contributed by atoms with Crippen molar-refractivity contribution >= 4 is 17.3 Å². The van der Waals surface area contributed by atoms with Crippen molar-refractivity contribution in [2.45, 2.75) is 20.8 Å². The van der Waals surface area contributed by atoms with E-state index >= 15 is 0 Å². The summed E-state index contributed by atoms with van der Waals surface area (Å²) in [6.07, 6.45) is 0. The highest BCUT2D eigenvalue weighted by Gasteiger charge is 2.16. The number of aromatic nitrogens is 2. The summed E-state index contributed by atoms with van der Waals surface area (Å²) in [5, 5.41) is 3.86. The normalized spacial score (nSPS) is 10.4. The van der Waals surface area contributed by atoms with E-state index in [1.54, 1.807) is 6.92 Å². The third kappa shape index (κ3) is 1.88. The zero-order chi connectivity index (χ0) is 11.7. The second-order valence-corrected chi connectivity index (χ2v) is 4.59. The molecule has 0 saturated heterocycles. The average Bonchev–Trinajstić information content (AvgIpc) is 2.63. The molecule has 82 valence electrons. The van der Waals surface area contributed by atoms with Crippen LogP contribution in [0.15, 0.2) is 18.2 Å². The van der Waals surface area contributed by atoms with E-state index in [1.807, 2.05) is 32.0 Å². The highest BCUT2D eigenvalue weighted by atomic mass is 32.1. The third-order valence-electron chi connectivity index (χ3n) is 2.48. The van der Waals surface area contributed by atoms with Gasteiger partial charge in [-0.15, -0.1) is 5.10 Å². The summed E-state index contributed by atoms with van der Waals surface area (Å²) in [4.78, 5) is 12.8. The van der Waals surface area contributed by atoms with Gasteiger partial charge in [-0.1, -0.05) is 28.3 Å². The fourth-order valence-electron chi connectivity index (χ4n) is 1.63. The van der Waals surface area contributed by atoms with E-state index in [1.165, 1.54) is 0 Å². The minimum atomic E-state index is 0.0185. The Labute approximate surface area is 98.3 Å². The molecule has 0 aliphatic heterocycles. The van der Waals surface area contributed by atoms with Crippen molar-refractivity contribution in [1.82, 2.24) is 9.59 Å². The number of carbonyl (C=O) groups excluding carboxylic acids is 1. The van der Waals surface area contributed by atoms with E-state index in [-0.39, 0.29) is 5.78 Å². The van der Waals surface area contributed by atoms with Gasteiger partial charge in [-0.25, -0.2) is 0 Å². The van der Waals surface area contributed by atoms with Crippen molar-refractivity contribution in [3.05, 3.63) is 45.5 Å². The molecule has 0 spiro atoms. The van der Waals surface area contributed by atoms with E-state index in [2.05, 4.69) is 9.59 Å². The summed E-state index contributed by atoms with van der Waals surface area (Å²) in [7, 11) is 0. The van der Waals surface area contributed by atoms with Gasteiger partial charge in [0.2, 0.25) is 5.78 Å². The van der Waals surface area contributed by atoms with E-state index < -0.39 is 0 Å². The van der Waals surface area contributed by atoms with Crippen LogP contribution in [0.4, 0.5) is 0 Å². The molecular weight excluding hydrogens is 220 g/mol. The van der Waals surface area contributed by atoms with Gasteiger partial charge in [0.25, 0.3) is 0 Å². The molecule has 0 amide bonds. The summed E-state index contributed by atoms with van der Waals surface area (Å²) in [5.74, 6) is 0.0185. The van der Waals surface area contributed by atoms with Gasteiger partial charge >= 0.3 is 0 Å². The predicted molar refractivity (Wildman–Crippen MR) is 64.0 cm³/mol. The zero-order valence-electron chi connectivity index (χ0n) is 9.44. The lowest BCUT2D eigenvalue weighted by Gasteiger charge is -2.04. The number of aryl methyl sites for hydroxylation is 3. The van der Waals surface area contributed by atoms with Gasteiger partial charge < -0.3 is 0 Å². The van der Waals surface area contributed by atoms with Gasteiger partial charge in [0.05, 0.1) is 5.69 Å². The molecule has 0 saturated carbocycles. The topological polar surface area (TPSA) is 42.9 Å². The molecule has 0 fully saturated rings. The number of hydrogen-bond donors (Lipinski definition) is 0. The van der Waals surface area contributed by atoms with Gasteiger partial charge in [0.15, 0.2) is 0 Å². The number of carbonyl (C=O) groups is 1. The zero-order valence-corrected chi connectivity index (χ0v) is 10.3. The van der Waals surface area contributed by atoms with Gasteiger partial charge in [0, 0.05) is 5.56 Å². The number of hydrogen-bond acceptors (Lipinski definition) is 4. The highest BCUT2D eigenvalue weighted by Crippen LogP contribution is 2.19. The molecule has 1 aromatic heterocycles. The van der Waals surface area contributed by atoms with Crippen LogP contribution >= 0.6 is 11.5 Å². The number of benzene rings is 1. The van der Waals surface area contributed by atoms with Crippen LogP contribution in [-0.4, -0.2) is 15.4 Å². The van der Waals surface area contributed by atoms with Gasteiger partial charge in [-0.05, 0) is 37.9 Å². The lowest BCUT2D eigenvalue weighted by atomic mass is 10.0. The first-order valence-electron chi connectivity index (χ1n) is 5.00. The maximum atomic E-state index is 12.2. The first-order chi connectivity index (χ1) is 7.59. The molecule has 0 unspecified atom stereocenters. The summed E-state index contributed by atoms with van der Waals surface area (Å²) in [5.41, 5.74) is 3.60. The maximum Gasteiger partial charge on any atom is 0.206 e. The lowest BCUT2D eigenvalue weighted by molar-refractivity contribution is 0.104. The second-order valence-electron chi connectivity index (χ2n) is 3.83. The first kappa shape index (κ1) is 11.0. The highest BCUT2D eigenvalue weighted by molar-refractivity contribution is 7.08. The van der Waals surface area contributed by atoms with Crippen LogP contribution < -0.4 is 0 Å². The molecule has 3 nitrogen and oxygen atoms in total. The largest absolute Gasteiger partial charge is 0.288 e. The van der Waals surface area contributed by atoms with Gasteiger partial charge in [-0.3, -0.25) is 4.79 Å². The van der Waals surface area contributed by atoms with E-state index in [0.717, 1.165) is 28.2 Å². The van der Waals surface area contributed by atoms with Crippen LogP contribution in [0.1, 0.15) is 32.1 Å². The molecule has 0 atom stereocenters. The van der Waals surface area contributed by atoms with E-state index in [4.69, 9.17) is 0 Å². The second kappa shape index (κ2) is 4.14. The standard InChI is InChI=1S/C12H12N2OS/c1-7-4-5-10(8(2)6-7)11(15)12-9(3)13-14-16-12/h4-6H,1-3H3. The molecule has 1 heterocycles. The quantitative estimate of drug-likeness (QED) is 0.748. The molecule has 0 radical (unpaired) electrons. The fraction of sp³-hybridized carbons (Fsp3) is 0.250. The Balaban J connectivity index is 2.46. The molecule has 2 rings (SSSR count). The molecule has 4 heteroatoms. The molecule has 0 aliphatic rings. The van der Waals surface area contributed by atoms with Crippen molar-refractivity contribution in [3.63, 3.8) is 0 Å². The van der Waals surface area contributed by atoms with Crippen LogP contribution in [0.3, 0.4) is 0 Å². The minimum absolute atomic E-state index is 0.0185. The predicted octanol–water partition coefficient (Wildman–Crippen LogP) is 2.69. The van der Waals surface area contributed by atoms with Gasteiger partial charge in [-0.2, -0.15) is 0 Å². The van der Waals surface area contributed by atoms with E-state index in [0.29, 0.717) is 10.6 Å². The maximum absolute atomic E-state index is 12.2. The molecular formula is C12H12N2OS. The summed E-state index contributed by atoms with van der Waals surface area (Å²) in [6.45, 7) is 5.77. The van der Waals surface area contributed by atoms with Crippen molar-refractivity contribution in [1.29, 1.82) is 0 Å². The van der Waals surface area contributed by atoms with Crippen molar-refractivity contribution in [3.8, 4) is 0 Å². The lowest BCUT2D eigenvalue weighted by Crippen LogP contribution is -2.03. The monoisotopic (exact) mass is 232 g/mol. The van der Waals surface area contributed by atoms with Crippen LogP contribution in [-0.2, 0) is 0 Å². The molecule has 0 N–H and O–H groups in total. The summed E-state index contributed by atoms with van der Waals surface area (Å²) in [6, 6.07) is 5.83. The SMILES string of the molecule is Cc1ccc(C(=O)c2snnc2C)c(C)c1. The first-order valence-corrected chi connectivity index (χ1v) is 5.78. The van der Waals surface area contributed by atoms with Crippen molar-refractivity contribution in [2.75, 3.05) is 0 Å². The Morgan fingerprint density at radius 2 is 2.00 bits per heavy atom. The number of nitrogens with zero attached hydrogens (tertiary/aromatic N) is 2. The number of rotatable bonds is 2. The van der Waals surface area contributed by atoms with Crippen molar-refractivity contribution in [2.24, 2.45) is 0 Å². The smallest absolute Gasteiger partial charge is 0.206 e. The molecule has 2 aromatic rings. The van der Waals surface area contributed by atoms with Crippen molar-refractivity contribution < 1.29 is 4.79 Å². The van der Waals surface area contributed by atoms with Crippen LogP contribution in [0.2, 0.25) is 0 Å². The average molecular weight is 232 g/mol. The van der Waals surface area contributed by atoms with Crippen LogP contribution in [0.5, 0.6) is 0 Å². The Bertz CT molecular complexity index is 546. The number of ketones is 1. The van der Waals surface area contributed by atoms with Gasteiger partial charge in [0.1, 0.15) is 4.88 Å². The summed E-state index contributed by atoms with van der Waals surface area (Å²) >= 11 is 1.15. The molecule has 0 aliphatic carbocycles.